The number of nitrogens with zero attached hydrogens (tertiary/aromatic N) is 1. The molecule has 0 aliphatic carbocycles. The van der Waals surface area contributed by atoms with E-state index in [1.807, 2.05) is 38.3 Å². The normalized spacial score (nSPS) is 10.3. The largest absolute Gasteiger partial charge is 0.484 e. The molecule has 1 heterocycles. The molecule has 106 valence electrons. The van der Waals surface area contributed by atoms with Gasteiger partial charge in [-0.2, -0.15) is 0 Å². The average Bonchev–Trinajstić information content (AvgIpc) is 2.79. The number of ether oxygens (including phenoxy) is 1. The highest BCUT2D eigenvalue weighted by molar-refractivity contribution is 7.09. The molecule has 2 rings (SSSR count). The molecule has 5 heteroatoms. The Morgan fingerprint density at radius 2 is 1.95 bits per heavy atom. The molecule has 0 unspecified atom stereocenters. The number of thiazole rings is 1. The van der Waals surface area contributed by atoms with Gasteiger partial charge in [-0.1, -0.05) is 6.07 Å². The van der Waals surface area contributed by atoms with Crippen molar-refractivity contribution in [3.8, 4) is 5.75 Å². The molecule has 0 fully saturated rings. The molecule has 0 aliphatic rings. The number of hydrogen-bond donors (Lipinski definition) is 1. The third-order valence-electron chi connectivity index (χ3n) is 2.70. The van der Waals surface area contributed by atoms with Crippen molar-refractivity contribution < 1.29 is 9.53 Å². The van der Waals surface area contributed by atoms with Gasteiger partial charge in [0.05, 0.1) is 17.2 Å². The van der Waals surface area contributed by atoms with Gasteiger partial charge in [-0.15, -0.1) is 11.3 Å². The maximum atomic E-state index is 11.7. The van der Waals surface area contributed by atoms with Crippen LogP contribution in [-0.2, 0) is 11.3 Å². The number of aromatic nitrogens is 1. The minimum absolute atomic E-state index is 0.0199. The molecule has 1 N–H and O–H groups in total. The molecule has 0 radical (unpaired) electrons. The fraction of sp³-hybridized carbons (Fsp3) is 0.333. The van der Waals surface area contributed by atoms with Gasteiger partial charge in [0.25, 0.3) is 5.91 Å². The first-order valence-electron chi connectivity index (χ1n) is 6.42. The van der Waals surface area contributed by atoms with E-state index in [1.54, 1.807) is 11.3 Å². The molecule has 2 aromatic rings. The molecule has 0 spiro atoms. The van der Waals surface area contributed by atoms with Crippen molar-refractivity contribution in [2.75, 3.05) is 6.61 Å². The SMILES string of the molecule is Cc1cc(C)cc(OCC(=O)NCc2csc(C)n2)c1. The standard InChI is InChI=1S/C15H18N2O2S/c1-10-4-11(2)6-14(5-10)19-8-15(18)16-7-13-9-20-12(3)17-13/h4-6,9H,7-8H2,1-3H3,(H,16,18). The summed E-state index contributed by atoms with van der Waals surface area (Å²) in [4.78, 5) is 16.0. The Morgan fingerprint density at radius 3 is 2.55 bits per heavy atom. The van der Waals surface area contributed by atoms with E-state index < -0.39 is 0 Å². The Bertz CT molecular complexity index is 587. The van der Waals surface area contributed by atoms with Gasteiger partial charge in [-0.25, -0.2) is 4.98 Å². The number of carbonyl (C=O) groups is 1. The van der Waals surface area contributed by atoms with Crippen molar-refractivity contribution in [3.63, 3.8) is 0 Å². The topological polar surface area (TPSA) is 51.2 Å². The average molecular weight is 290 g/mol. The van der Waals surface area contributed by atoms with E-state index in [9.17, 15) is 4.79 Å². The molecule has 0 atom stereocenters. The molecular formula is C15H18N2O2S. The molecule has 1 aromatic heterocycles. The van der Waals surface area contributed by atoms with Gasteiger partial charge in [0.15, 0.2) is 6.61 Å². The molecule has 4 nitrogen and oxygen atoms in total. The first kappa shape index (κ1) is 14.5. The van der Waals surface area contributed by atoms with E-state index >= 15 is 0 Å². The second kappa shape index (κ2) is 6.52. The highest BCUT2D eigenvalue weighted by atomic mass is 32.1. The van der Waals surface area contributed by atoms with Crippen LogP contribution in [-0.4, -0.2) is 17.5 Å². The highest BCUT2D eigenvalue weighted by Gasteiger charge is 2.05. The predicted octanol–water partition coefficient (Wildman–Crippen LogP) is 2.76. The summed E-state index contributed by atoms with van der Waals surface area (Å²) < 4.78 is 5.49. The van der Waals surface area contributed by atoms with Gasteiger partial charge in [0.1, 0.15) is 5.75 Å². The summed E-state index contributed by atoms with van der Waals surface area (Å²) in [7, 11) is 0. The van der Waals surface area contributed by atoms with Crippen LogP contribution in [0.1, 0.15) is 21.8 Å². The van der Waals surface area contributed by atoms with Crippen molar-refractivity contribution in [3.05, 3.63) is 45.4 Å². The number of rotatable bonds is 5. The zero-order valence-electron chi connectivity index (χ0n) is 11.9. The van der Waals surface area contributed by atoms with Crippen molar-refractivity contribution in [2.45, 2.75) is 27.3 Å². The van der Waals surface area contributed by atoms with Crippen molar-refractivity contribution >= 4 is 17.2 Å². The van der Waals surface area contributed by atoms with Gasteiger partial charge in [0.2, 0.25) is 0 Å². The molecule has 0 saturated heterocycles. The summed E-state index contributed by atoms with van der Waals surface area (Å²) in [5, 5.41) is 5.74. The Balaban J connectivity index is 1.80. The molecule has 0 saturated carbocycles. The lowest BCUT2D eigenvalue weighted by Gasteiger charge is -2.08. The molecule has 20 heavy (non-hydrogen) atoms. The molecular weight excluding hydrogens is 272 g/mol. The van der Waals surface area contributed by atoms with E-state index in [2.05, 4.69) is 16.4 Å². The van der Waals surface area contributed by atoms with Crippen LogP contribution in [0.4, 0.5) is 0 Å². The van der Waals surface area contributed by atoms with E-state index in [-0.39, 0.29) is 12.5 Å². The number of nitrogens with one attached hydrogen (secondary N) is 1. The fourth-order valence-corrected chi connectivity index (χ4v) is 2.51. The quantitative estimate of drug-likeness (QED) is 0.921. The minimum Gasteiger partial charge on any atom is -0.484 e. The number of hydrogen-bond acceptors (Lipinski definition) is 4. The van der Waals surface area contributed by atoms with E-state index in [4.69, 9.17) is 4.74 Å². The van der Waals surface area contributed by atoms with Crippen LogP contribution >= 0.6 is 11.3 Å². The second-order valence-electron chi connectivity index (χ2n) is 4.75. The van der Waals surface area contributed by atoms with Crippen LogP contribution < -0.4 is 10.1 Å². The lowest BCUT2D eigenvalue weighted by atomic mass is 10.1. The molecule has 1 amide bonds. The van der Waals surface area contributed by atoms with Gasteiger partial charge < -0.3 is 10.1 Å². The van der Waals surface area contributed by atoms with E-state index in [0.717, 1.165) is 27.6 Å². The summed E-state index contributed by atoms with van der Waals surface area (Å²) in [6.45, 7) is 6.42. The summed E-state index contributed by atoms with van der Waals surface area (Å²) in [6, 6.07) is 5.91. The fourth-order valence-electron chi connectivity index (χ4n) is 1.89. The lowest BCUT2D eigenvalue weighted by Crippen LogP contribution is -2.28. The highest BCUT2D eigenvalue weighted by Crippen LogP contribution is 2.16. The summed E-state index contributed by atoms with van der Waals surface area (Å²) in [6.07, 6.45) is 0. The second-order valence-corrected chi connectivity index (χ2v) is 5.81. The van der Waals surface area contributed by atoms with Crippen LogP contribution in [0, 0.1) is 20.8 Å². The van der Waals surface area contributed by atoms with Crippen LogP contribution in [0.15, 0.2) is 23.6 Å². The van der Waals surface area contributed by atoms with Gasteiger partial charge >= 0.3 is 0 Å². The molecule has 1 aromatic carbocycles. The minimum atomic E-state index is -0.144. The van der Waals surface area contributed by atoms with E-state index in [1.165, 1.54) is 0 Å². The Kier molecular flexibility index (Phi) is 4.74. The first-order valence-corrected chi connectivity index (χ1v) is 7.30. The van der Waals surface area contributed by atoms with Crippen LogP contribution in [0.25, 0.3) is 0 Å². The third-order valence-corrected chi connectivity index (χ3v) is 3.52. The Morgan fingerprint density at radius 1 is 1.25 bits per heavy atom. The Hall–Kier alpha value is -1.88. The van der Waals surface area contributed by atoms with Crippen LogP contribution in [0.2, 0.25) is 0 Å². The predicted molar refractivity (Wildman–Crippen MR) is 80.1 cm³/mol. The third kappa shape index (κ3) is 4.35. The summed E-state index contributed by atoms with van der Waals surface area (Å²) in [5.41, 5.74) is 3.13. The van der Waals surface area contributed by atoms with Crippen LogP contribution in [0.5, 0.6) is 5.75 Å². The van der Waals surface area contributed by atoms with Gasteiger partial charge in [0, 0.05) is 5.38 Å². The zero-order valence-corrected chi connectivity index (χ0v) is 12.7. The molecule has 0 bridgehead atoms. The van der Waals surface area contributed by atoms with Crippen molar-refractivity contribution in [1.82, 2.24) is 10.3 Å². The van der Waals surface area contributed by atoms with E-state index in [0.29, 0.717) is 6.54 Å². The monoisotopic (exact) mass is 290 g/mol. The van der Waals surface area contributed by atoms with Crippen LogP contribution in [0.3, 0.4) is 0 Å². The van der Waals surface area contributed by atoms with Gasteiger partial charge in [-0.05, 0) is 44.0 Å². The Labute approximate surface area is 122 Å². The number of amides is 1. The summed E-state index contributed by atoms with van der Waals surface area (Å²) >= 11 is 1.58. The molecule has 0 aliphatic heterocycles. The lowest BCUT2D eigenvalue weighted by molar-refractivity contribution is -0.123. The zero-order chi connectivity index (χ0) is 14.5. The summed E-state index contributed by atoms with van der Waals surface area (Å²) in [5.74, 6) is 0.581. The maximum Gasteiger partial charge on any atom is 0.258 e. The van der Waals surface area contributed by atoms with Crippen molar-refractivity contribution in [1.29, 1.82) is 0 Å². The number of aryl methyl sites for hydroxylation is 3. The maximum absolute atomic E-state index is 11.7. The number of benzene rings is 1. The number of carbonyl (C=O) groups excluding carboxylic acids is 1. The van der Waals surface area contributed by atoms with Gasteiger partial charge in [-0.3, -0.25) is 4.79 Å². The smallest absolute Gasteiger partial charge is 0.258 e. The first-order chi connectivity index (χ1) is 9.52. The van der Waals surface area contributed by atoms with Crippen molar-refractivity contribution in [2.24, 2.45) is 0 Å².